The molecule has 0 aromatic carbocycles. The van der Waals surface area contributed by atoms with E-state index in [0.29, 0.717) is 0 Å². The van der Waals surface area contributed by atoms with Crippen molar-refractivity contribution in [3.8, 4) is 0 Å². The van der Waals surface area contributed by atoms with Crippen LogP contribution in [-0.4, -0.2) is 25.9 Å². The molecule has 24 heavy (non-hydrogen) atoms. The summed E-state index contributed by atoms with van der Waals surface area (Å²) in [6, 6.07) is 0. The van der Waals surface area contributed by atoms with Crippen molar-refractivity contribution in [2.45, 2.75) is 63.7 Å². The summed E-state index contributed by atoms with van der Waals surface area (Å²) in [6.07, 6.45) is 9.92. The van der Waals surface area contributed by atoms with Crippen molar-refractivity contribution in [2.24, 2.45) is 7.05 Å². The average molecular weight is 345 g/mol. The summed E-state index contributed by atoms with van der Waals surface area (Å²) in [5.74, 6) is -0.136. The van der Waals surface area contributed by atoms with Gasteiger partial charge in [0.1, 0.15) is 0 Å². The zero-order valence-corrected chi connectivity index (χ0v) is 14.9. The van der Waals surface area contributed by atoms with E-state index in [4.69, 9.17) is 4.98 Å². The molecule has 1 N–H and O–H groups in total. The molecule has 4 rings (SSSR count). The van der Waals surface area contributed by atoms with Crippen molar-refractivity contribution in [2.75, 3.05) is 5.32 Å². The lowest BCUT2D eigenvalue weighted by molar-refractivity contribution is -0.118. The molecule has 128 valence electrons. The number of carbonyl (C=O) groups excluding carboxylic acids is 1. The number of carbonyl (C=O) groups is 1. The summed E-state index contributed by atoms with van der Waals surface area (Å²) in [7, 11) is 1.87. The standard InChI is InChI=1S/C17H23N5OS/c1-22-15-11(7-6-9-13(15)20-21-22)16(23)19-17-18-12-8-4-2-3-5-10-14(12)24-17/h11H,2-10H2,1H3,(H,18,19,23). The first kappa shape index (κ1) is 15.7. The van der Waals surface area contributed by atoms with Crippen LogP contribution in [0.4, 0.5) is 5.13 Å². The summed E-state index contributed by atoms with van der Waals surface area (Å²) in [5.41, 5.74) is 3.13. The molecular formula is C17H23N5OS. The molecule has 1 amide bonds. The molecule has 0 radical (unpaired) electrons. The smallest absolute Gasteiger partial charge is 0.235 e. The average Bonchev–Trinajstić information content (AvgIpc) is 3.11. The number of aryl methyl sites for hydroxylation is 4. The molecule has 1 unspecified atom stereocenters. The van der Waals surface area contributed by atoms with Crippen molar-refractivity contribution >= 4 is 22.4 Å². The van der Waals surface area contributed by atoms with Crippen LogP contribution in [-0.2, 0) is 31.1 Å². The number of hydrogen-bond acceptors (Lipinski definition) is 5. The molecule has 0 bridgehead atoms. The molecule has 1 atom stereocenters. The fraction of sp³-hybridized carbons (Fsp3) is 0.647. The normalized spacial score (nSPS) is 20.6. The van der Waals surface area contributed by atoms with Crippen molar-refractivity contribution in [3.63, 3.8) is 0 Å². The molecule has 0 fully saturated rings. The molecule has 2 aliphatic rings. The fourth-order valence-corrected chi connectivity index (χ4v) is 4.88. The van der Waals surface area contributed by atoms with Gasteiger partial charge in [-0.25, -0.2) is 4.98 Å². The van der Waals surface area contributed by atoms with Crippen LogP contribution in [0.5, 0.6) is 0 Å². The minimum atomic E-state index is -0.166. The number of hydrogen-bond donors (Lipinski definition) is 1. The van der Waals surface area contributed by atoms with Gasteiger partial charge in [0, 0.05) is 11.9 Å². The number of nitrogens with one attached hydrogen (secondary N) is 1. The van der Waals surface area contributed by atoms with Gasteiger partial charge >= 0.3 is 0 Å². The Balaban J connectivity index is 1.53. The van der Waals surface area contributed by atoms with Gasteiger partial charge in [0.2, 0.25) is 5.91 Å². The highest BCUT2D eigenvalue weighted by Gasteiger charge is 2.31. The van der Waals surface area contributed by atoms with Gasteiger partial charge in [0.25, 0.3) is 0 Å². The Morgan fingerprint density at radius 3 is 2.79 bits per heavy atom. The van der Waals surface area contributed by atoms with E-state index in [1.54, 1.807) is 16.0 Å². The summed E-state index contributed by atoms with van der Waals surface area (Å²) in [4.78, 5) is 18.9. The Bertz CT molecular complexity index is 725. The predicted molar refractivity (Wildman–Crippen MR) is 93.3 cm³/mol. The highest BCUT2D eigenvalue weighted by Crippen LogP contribution is 2.33. The van der Waals surface area contributed by atoms with E-state index in [2.05, 4.69) is 15.6 Å². The van der Waals surface area contributed by atoms with E-state index in [0.717, 1.165) is 48.6 Å². The molecular weight excluding hydrogens is 322 g/mol. The largest absolute Gasteiger partial charge is 0.301 e. The third-order valence-corrected chi connectivity index (χ3v) is 6.15. The number of fused-ring (bicyclic) bond motifs is 2. The van der Waals surface area contributed by atoms with Crippen LogP contribution in [0.2, 0.25) is 0 Å². The first-order valence-corrected chi connectivity index (χ1v) is 9.72. The molecule has 0 aliphatic heterocycles. The maximum Gasteiger partial charge on any atom is 0.235 e. The molecule has 2 aromatic heterocycles. The molecule has 2 heterocycles. The molecule has 2 aliphatic carbocycles. The Labute approximate surface area is 145 Å². The number of thiazole rings is 1. The molecule has 0 saturated carbocycles. The maximum atomic E-state index is 12.8. The second-order valence-electron chi connectivity index (χ2n) is 6.78. The van der Waals surface area contributed by atoms with Gasteiger partial charge in [-0.3, -0.25) is 9.48 Å². The highest BCUT2D eigenvalue weighted by atomic mass is 32.1. The monoisotopic (exact) mass is 345 g/mol. The third kappa shape index (κ3) is 2.97. The van der Waals surface area contributed by atoms with Crippen LogP contribution in [0.3, 0.4) is 0 Å². The van der Waals surface area contributed by atoms with Gasteiger partial charge in [-0.15, -0.1) is 16.4 Å². The minimum absolute atomic E-state index is 0.0306. The lowest BCUT2D eigenvalue weighted by Crippen LogP contribution is -2.26. The first-order chi connectivity index (χ1) is 11.7. The summed E-state index contributed by atoms with van der Waals surface area (Å²) >= 11 is 1.66. The van der Waals surface area contributed by atoms with Crippen LogP contribution >= 0.6 is 11.3 Å². The lowest BCUT2D eigenvalue weighted by Gasteiger charge is -2.20. The van der Waals surface area contributed by atoms with E-state index < -0.39 is 0 Å². The zero-order chi connectivity index (χ0) is 16.5. The molecule has 7 heteroatoms. The Morgan fingerprint density at radius 1 is 1.12 bits per heavy atom. The van der Waals surface area contributed by atoms with Crippen LogP contribution in [0.15, 0.2) is 0 Å². The number of rotatable bonds is 2. The van der Waals surface area contributed by atoms with Crippen LogP contribution in [0, 0.1) is 0 Å². The van der Waals surface area contributed by atoms with Crippen LogP contribution in [0.1, 0.15) is 66.4 Å². The van der Waals surface area contributed by atoms with Crippen molar-refractivity contribution in [3.05, 3.63) is 22.0 Å². The van der Waals surface area contributed by atoms with E-state index in [1.807, 2.05) is 7.05 Å². The van der Waals surface area contributed by atoms with Gasteiger partial charge in [-0.2, -0.15) is 0 Å². The van der Waals surface area contributed by atoms with Crippen LogP contribution in [0.25, 0.3) is 0 Å². The molecule has 0 saturated heterocycles. The number of amides is 1. The van der Waals surface area contributed by atoms with Gasteiger partial charge < -0.3 is 5.32 Å². The van der Waals surface area contributed by atoms with E-state index in [1.165, 1.54) is 36.3 Å². The maximum absolute atomic E-state index is 12.8. The van der Waals surface area contributed by atoms with E-state index >= 15 is 0 Å². The lowest BCUT2D eigenvalue weighted by atomic mass is 9.89. The quantitative estimate of drug-likeness (QED) is 0.908. The van der Waals surface area contributed by atoms with Crippen molar-refractivity contribution < 1.29 is 4.79 Å². The Morgan fingerprint density at radius 2 is 1.92 bits per heavy atom. The molecule has 2 aromatic rings. The third-order valence-electron chi connectivity index (χ3n) is 5.07. The second-order valence-corrected chi connectivity index (χ2v) is 7.87. The van der Waals surface area contributed by atoms with E-state index in [9.17, 15) is 4.79 Å². The number of anilines is 1. The van der Waals surface area contributed by atoms with Gasteiger partial charge in [0.15, 0.2) is 5.13 Å². The predicted octanol–water partition coefficient (Wildman–Crippen LogP) is 2.99. The Kier molecular flexibility index (Phi) is 4.35. The molecule has 0 spiro atoms. The van der Waals surface area contributed by atoms with Crippen molar-refractivity contribution in [1.82, 2.24) is 20.0 Å². The first-order valence-electron chi connectivity index (χ1n) is 8.90. The summed E-state index contributed by atoms with van der Waals surface area (Å²) in [5, 5.41) is 12.1. The SMILES string of the molecule is Cn1nnc2c1C(C(=O)Nc1nc3c(s1)CCCCCC3)CCC2. The highest BCUT2D eigenvalue weighted by molar-refractivity contribution is 7.15. The fourth-order valence-electron chi connectivity index (χ4n) is 3.83. The second kappa shape index (κ2) is 6.63. The zero-order valence-electron chi connectivity index (χ0n) is 14.0. The van der Waals surface area contributed by atoms with Gasteiger partial charge in [-0.1, -0.05) is 18.1 Å². The topological polar surface area (TPSA) is 72.7 Å². The number of nitrogens with zero attached hydrogens (tertiary/aromatic N) is 4. The minimum Gasteiger partial charge on any atom is -0.301 e. The Hall–Kier alpha value is -1.76. The van der Waals surface area contributed by atoms with E-state index in [-0.39, 0.29) is 11.8 Å². The summed E-state index contributed by atoms with van der Waals surface area (Å²) < 4.78 is 1.75. The number of aromatic nitrogens is 4. The summed E-state index contributed by atoms with van der Waals surface area (Å²) in [6.45, 7) is 0. The molecule has 6 nitrogen and oxygen atoms in total. The van der Waals surface area contributed by atoms with Gasteiger partial charge in [0.05, 0.1) is 23.0 Å². The van der Waals surface area contributed by atoms with Crippen molar-refractivity contribution in [1.29, 1.82) is 0 Å². The van der Waals surface area contributed by atoms with Gasteiger partial charge in [-0.05, 0) is 44.9 Å². The van der Waals surface area contributed by atoms with Crippen LogP contribution < -0.4 is 5.32 Å².